The zero-order valence-electron chi connectivity index (χ0n) is 10.9. The molecule has 2 unspecified atom stereocenters. The molecule has 0 radical (unpaired) electrons. The van der Waals surface area contributed by atoms with Crippen LogP contribution in [0, 0.1) is 0 Å². The number of rotatable bonds is 2. The fraction of sp³-hybridized carbons (Fsp3) is 0.357. The third-order valence-electron chi connectivity index (χ3n) is 3.71. The van der Waals surface area contributed by atoms with Crippen molar-refractivity contribution in [2.75, 3.05) is 0 Å². The third kappa shape index (κ3) is 2.92. The van der Waals surface area contributed by atoms with Crippen molar-refractivity contribution in [3.05, 3.63) is 35.0 Å². The summed E-state index contributed by atoms with van der Waals surface area (Å²) in [6, 6.07) is 7.48. The first kappa shape index (κ1) is 15.2. The Hall–Kier alpha value is -1.23. The number of hydrogen-bond donors (Lipinski definition) is 3. The van der Waals surface area contributed by atoms with Crippen LogP contribution in [0.15, 0.2) is 24.3 Å². The summed E-state index contributed by atoms with van der Waals surface area (Å²) in [4.78, 5) is 15.3. The van der Waals surface area contributed by atoms with Crippen molar-refractivity contribution in [2.24, 2.45) is 5.73 Å². The quantitative estimate of drug-likeness (QED) is 0.797. The Morgan fingerprint density at radius 2 is 2.15 bits per heavy atom. The van der Waals surface area contributed by atoms with Crippen molar-refractivity contribution in [3.63, 3.8) is 0 Å². The predicted molar refractivity (Wildman–Crippen MR) is 83.6 cm³/mol. The molecule has 1 aliphatic carbocycles. The Balaban J connectivity index is 0.00000147. The lowest BCUT2D eigenvalue weighted by Gasteiger charge is -2.16. The van der Waals surface area contributed by atoms with Gasteiger partial charge in [-0.2, -0.15) is 0 Å². The first-order valence-electron chi connectivity index (χ1n) is 6.48. The Bertz CT molecular complexity index is 626. The molecule has 1 heterocycles. The molecule has 20 heavy (non-hydrogen) atoms. The minimum absolute atomic E-state index is 0. The topological polar surface area (TPSA) is 70.9 Å². The van der Waals surface area contributed by atoms with E-state index in [2.05, 4.69) is 10.3 Å². The van der Waals surface area contributed by atoms with E-state index in [1.165, 1.54) is 0 Å². The Morgan fingerprint density at radius 1 is 1.35 bits per heavy atom. The molecule has 4 N–H and O–H groups in total. The summed E-state index contributed by atoms with van der Waals surface area (Å²) >= 11 is 5.93. The number of carbonyl (C=O) groups is 1. The number of aromatic nitrogens is 1. The van der Waals surface area contributed by atoms with Crippen LogP contribution in [0.5, 0.6) is 0 Å². The smallest absolute Gasteiger partial charge is 0.268 e. The highest BCUT2D eigenvalue weighted by Crippen LogP contribution is 2.21. The van der Waals surface area contributed by atoms with E-state index < -0.39 is 0 Å². The van der Waals surface area contributed by atoms with E-state index in [0.717, 1.165) is 30.2 Å². The van der Waals surface area contributed by atoms with E-state index >= 15 is 0 Å². The first-order chi connectivity index (χ1) is 9.13. The van der Waals surface area contributed by atoms with Crippen LogP contribution in [0.1, 0.15) is 29.8 Å². The lowest BCUT2D eigenvalue weighted by molar-refractivity contribution is 0.0930. The highest BCUT2D eigenvalue weighted by molar-refractivity contribution is 6.31. The maximum Gasteiger partial charge on any atom is 0.268 e. The summed E-state index contributed by atoms with van der Waals surface area (Å²) in [5.74, 6) is -0.102. The standard InChI is InChI=1S/C14H16ClN3O.ClH/c15-9-4-5-11-8(6-9)7-13(17-11)14(19)18-12-3-1-2-10(12)16;/h4-7,10,12,17H,1-3,16H2,(H,18,19);1H. The summed E-state index contributed by atoms with van der Waals surface area (Å²) in [6.45, 7) is 0. The van der Waals surface area contributed by atoms with Crippen molar-refractivity contribution in [1.82, 2.24) is 10.3 Å². The number of nitrogens with one attached hydrogen (secondary N) is 2. The van der Waals surface area contributed by atoms with Gasteiger partial charge in [-0.15, -0.1) is 12.4 Å². The van der Waals surface area contributed by atoms with Gasteiger partial charge in [-0.3, -0.25) is 4.79 Å². The summed E-state index contributed by atoms with van der Waals surface area (Å²) < 4.78 is 0. The van der Waals surface area contributed by atoms with Gasteiger partial charge in [0.05, 0.1) is 0 Å². The molecule has 0 saturated heterocycles. The number of halogens is 2. The van der Waals surface area contributed by atoms with Crippen molar-refractivity contribution in [1.29, 1.82) is 0 Å². The third-order valence-corrected chi connectivity index (χ3v) is 3.95. The van der Waals surface area contributed by atoms with Gasteiger partial charge in [-0.25, -0.2) is 0 Å². The van der Waals surface area contributed by atoms with E-state index in [1.807, 2.05) is 18.2 Å². The lowest BCUT2D eigenvalue weighted by Crippen LogP contribution is -2.44. The number of amides is 1. The zero-order valence-corrected chi connectivity index (χ0v) is 12.4. The monoisotopic (exact) mass is 313 g/mol. The minimum Gasteiger partial charge on any atom is -0.351 e. The van der Waals surface area contributed by atoms with Gasteiger partial charge in [0.25, 0.3) is 5.91 Å². The molecule has 0 aliphatic heterocycles. The predicted octanol–water partition coefficient (Wildman–Crippen LogP) is 2.85. The molecule has 1 fully saturated rings. The molecule has 6 heteroatoms. The second-order valence-corrected chi connectivity index (χ2v) is 5.53. The van der Waals surface area contributed by atoms with Gasteiger partial charge in [-0.05, 0) is 43.5 Å². The zero-order chi connectivity index (χ0) is 13.4. The molecule has 1 aliphatic rings. The summed E-state index contributed by atoms with van der Waals surface area (Å²) in [5.41, 5.74) is 7.42. The Morgan fingerprint density at radius 3 is 2.85 bits per heavy atom. The molecule has 1 amide bonds. The Kier molecular flexibility index (Phi) is 4.58. The molecular weight excluding hydrogens is 297 g/mol. The molecule has 4 nitrogen and oxygen atoms in total. The molecule has 1 aromatic heterocycles. The number of carbonyl (C=O) groups excluding carboxylic acids is 1. The molecule has 1 aromatic carbocycles. The number of hydrogen-bond acceptors (Lipinski definition) is 2. The molecule has 3 rings (SSSR count). The van der Waals surface area contributed by atoms with Crippen LogP contribution >= 0.6 is 24.0 Å². The first-order valence-corrected chi connectivity index (χ1v) is 6.86. The van der Waals surface area contributed by atoms with Crippen molar-refractivity contribution in [2.45, 2.75) is 31.3 Å². The van der Waals surface area contributed by atoms with E-state index in [-0.39, 0.29) is 30.4 Å². The van der Waals surface area contributed by atoms with Crippen LogP contribution < -0.4 is 11.1 Å². The minimum atomic E-state index is -0.102. The van der Waals surface area contributed by atoms with Gasteiger partial charge in [0, 0.05) is 28.0 Å². The number of nitrogens with two attached hydrogens (primary N) is 1. The maximum atomic E-state index is 12.2. The van der Waals surface area contributed by atoms with E-state index in [1.54, 1.807) is 6.07 Å². The molecule has 0 bridgehead atoms. The van der Waals surface area contributed by atoms with Gasteiger partial charge < -0.3 is 16.0 Å². The van der Waals surface area contributed by atoms with Crippen LogP contribution in [0.2, 0.25) is 5.02 Å². The van der Waals surface area contributed by atoms with Gasteiger partial charge >= 0.3 is 0 Å². The molecule has 2 atom stereocenters. The van der Waals surface area contributed by atoms with Crippen LogP contribution in [0.3, 0.4) is 0 Å². The van der Waals surface area contributed by atoms with Crippen molar-refractivity contribution >= 4 is 40.8 Å². The second-order valence-electron chi connectivity index (χ2n) is 5.09. The average molecular weight is 314 g/mol. The summed E-state index contributed by atoms with van der Waals surface area (Å²) in [5, 5.41) is 4.59. The molecule has 1 saturated carbocycles. The van der Waals surface area contributed by atoms with E-state index in [4.69, 9.17) is 17.3 Å². The normalized spacial score (nSPS) is 21.7. The van der Waals surface area contributed by atoms with Crippen LogP contribution in [-0.4, -0.2) is 23.0 Å². The average Bonchev–Trinajstić information content (AvgIpc) is 2.96. The number of fused-ring (bicyclic) bond motifs is 1. The molecule has 0 spiro atoms. The fourth-order valence-electron chi connectivity index (χ4n) is 2.64. The highest BCUT2D eigenvalue weighted by Gasteiger charge is 2.26. The van der Waals surface area contributed by atoms with Crippen LogP contribution in [-0.2, 0) is 0 Å². The Labute approximate surface area is 128 Å². The fourth-order valence-corrected chi connectivity index (χ4v) is 2.82. The second kappa shape index (κ2) is 6.04. The van der Waals surface area contributed by atoms with Crippen molar-refractivity contribution in [3.8, 4) is 0 Å². The number of benzene rings is 1. The number of aromatic amines is 1. The summed E-state index contributed by atoms with van der Waals surface area (Å²) in [7, 11) is 0. The van der Waals surface area contributed by atoms with Crippen LogP contribution in [0.4, 0.5) is 0 Å². The molecule has 2 aromatic rings. The van der Waals surface area contributed by atoms with Gasteiger partial charge in [0.15, 0.2) is 0 Å². The van der Waals surface area contributed by atoms with Gasteiger partial charge in [-0.1, -0.05) is 11.6 Å². The van der Waals surface area contributed by atoms with Crippen LogP contribution in [0.25, 0.3) is 10.9 Å². The van der Waals surface area contributed by atoms with Crippen molar-refractivity contribution < 1.29 is 4.79 Å². The SMILES string of the molecule is Cl.NC1CCCC1NC(=O)c1cc2cc(Cl)ccc2[nH]1. The largest absolute Gasteiger partial charge is 0.351 e. The molecular formula is C14H17Cl2N3O. The highest BCUT2D eigenvalue weighted by atomic mass is 35.5. The molecule has 108 valence electrons. The number of H-pyrrole nitrogens is 1. The van der Waals surface area contributed by atoms with E-state index in [9.17, 15) is 4.79 Å². The maximum absolute atomic E-state index is 12.2. The summed E-state index contributed by atoms with van der Waals surface area (Å²) in [6.07, 6.45) is 3.01. The van der Waals surface area contributed by atoms with Gasteiger partial charge in [0.1, 0.15) is 5.69 Å². The van der Waals surface area contributed by atoms with Gasteiger partial charge in [0.2, 0.25) is 0 Å². The lowest BCUT2D eigenvalue weighted by atomic mass is 10.2. The van der Waals surface area contributed by atoms with E-state index in [0.29, 0.717) is 10.7 Å².